The molecule has 2 bridgehead atoms. The summed E-state index contributed by atoms with van der Waals surface area (Å²) < 4.78 is 22.8. The van der Waals surface area contributed by atoms with Crippen molar-refractivity contribution in [3.8, 4) is 11.5 Å². The first-order valence-corrected chi connectivity index (χ1v) is 13.1. The van der Waals surface area contributed by atoms with Gasteiger partial charge in [-0.25, -0.2) is 4.98 Å². The summed E-state index contributed by atoms with van der Waals surface area (Å²) in [6.07, 6.45) is 7.02. The van der Waals surface area contributed by atoms with Crippen LogP contribution in [0.5, 0.6) is 11.5 Å². The Morgan fingerprint density at radius 3 is 2.74 bits per heavy atom. The average molecular weight is 496 g/mol. The van der Waals surface area contributed by atoms with Crippen LogP contribution >= 0.6 is 12.0 Å². The first-order valence-electron chi connectivity index (χ1n) is 12.0. The van der Waals surface area contributed by atoms with E-state index in [-0.39, 0.29) is 11.0 Å². The first kappa shape index (κ1) is 24.0. The summed E-state index contributed by atoms with van der Waals surface area (Å²) in [5.41, 5.74) is 2.32. The quantitative estimate of drug-likeness (QED) is 0.337. The highest BCUT2D eigenvalue weighted by molar-refractivity contribution is 7.93. The van der Waals surface area contributed by atoms with Gasteiger partial charge in [0, 0.05) is 65.7 Å². The number of hydrogen-bond acceptors (Lipinski definition) is 8. The number of hydrogen-bond donors (Lipinski definition) is 2. The van der Waals surface area contributed by atoms with E-state index in [4.69, 9.17) is 18.4 Å². The van der Waals surface area contributed by atoms with Gasteiger partial charge >= 0.3 is 0 Å². The lowest BCUT2D eigenvalue weighted by molar-refractivity contribution is -0.224. The van der Waals surface area contributed by atoms with Crippen LogP contribution in [-0.4, -0.2) is 50.8 Å². The van der Waals surface area contributed by atoms with Gasteiger partial charge in [0.1, 0.15) is 17.3 Å². The van der Waals surface area contributed by atoms with Crippen molar-refractivity contribution in [2.75, 3.05) is 50.9 Å². The lowest BCUT2D eigenvalue weighted by atomic mass is 9.56. The number of aromatic nitrogens is 1. The Kier molecular flexibility index (Phi) is 6.95. The van der Waals surface area contributed by atoms with Crippen LogP contribution < -0.4 is 20.1 Å². The molecule has 3 heterocycles. The Hall–Kier alpha value is -2.68. The first-order chi connectivity index (χ1) is 17.1. The highest BCUT2D eigenvalue weighted by atomic mass is 32.2. The number of nitrogens with zero attached hydrogens (tertiary/aromatic N) is 1. The molecular weight excluding hydrogens is 462 g/mol. The summed E-state index contributed by atoms with van der Waals surface area (Å²) >= 11 is 1.46. The molecule has 3 fully saturated rings. The standard InChI is InChI=1S/C27H33N3O4S/c1-31-20-8-7-19(24(13-20)32-2)14-29-25-22-5-4-6-23(21(22)9-11-28-25)30-17-27-15-26(16-27,10-12-33-27)18-34-35-3/h4-9,11,13,30H,10,12,14-18H2,1-3H3,(H,28,29). The van der Waals surface area contributed by atoms with Crippen LogP contribution in [0.2, 0.25) is 0 Å². The lowest BCUT2D eigenvalue weighted by Gasteiger charge is -2.60. The minimum absolute atomic E-state index is 0.0960. The Labute approximate surface area is 211 Å². The molecule has 0 atom stereocenters. The number of ether oxygens (including phenoxy) is 3. The van der Waals surface area contributed by atoms with Crippen molar-refractivity contribution in [1.82, 2.24) is 4.98 Å². The highest BCUT2D eigenvalue weighted by Crippen LogP contribution is 2.57. The van der Waals surface area contributed by atoms with Crippen LogP contribution in [-0.2, 0) is 15.5 Å². The smallest absolute Gasteiger partial charge is 0.134 e. The zero-order valence-corrected chi connectivity index (χ0v) is 21.4. The van der Waals surface area contributed by atoms with Crippen molar-refractivity contribution >= 4 is 34.3 Å². The van der Waals surface area contributed by atoms with Crippen LogP contribution in [0.15, 0.2) is 48.7 Å². The van der Waals surface area contributed by atoms with Crippen molar-refractivity contribution in [1.29, 1.82) is 0 Å². The fourth-order valence-electron chi connectivity index (χ4n) is 5.55. The molecule has 2 aliphatic heterocycles. The molecule has 2 N–H and O–H groups in total. The lowest BCUT2D eigenvalue weighted by Crippen LogP contribution is -2.63. The fourth-order valence-corrected chi connectivity index (χ4v) is 5.92. The third-order valence-corrected chi connectivity index (χ3v) is 7.62. The Morgan fingerprint density at radius 1 is 1.06 bits per heavy atom. The van der Waals surface area contributed by atoms with Gasteiger partial charge in [-0.15, -0.1) is 0 Å². The number of fused-ring (bicyclic) bond motifs is 3. The summed E-state index contributed by atoms with van der Waals surface area (Å²) in [6.45, 7) is 3.00. The monoisotopic (exact) mass is 495 g/mol. The maximum Gasteiger partial charge on any atom is 0.134 e. The molecule has 6 rings (SSSR count). The molecule has 0 amide bonds. The van der Waals surface area contributed by atoms with Crippen LogP contribution in [0.4, 0.5) is 11.5 Å². The fraction of sp³-hybridized carbons (Fsp3) is 0.444. The van der Waals surface area contributed by atoms with E-state index in [2.05, 4.69) is 39.9 Å². The second-order valence-electron chi connectivity index (χ2n) is 9.51. The molecule has 186 valence electrons. The minimum atomic E-state index is -0.0960. The third kappa shape index (κ3) is 4.87. The predicted octanol–water partition coefficient (Wildman–Crippen LogP) is 5.51. The van der Waals surface area contributed by atoms with E-state index in [0.29, 0.717) is 6.54 Å². The summed E-state index contributed by atoms with van der Waals surface area (Å²) in [6, 6.07) is 14.2. The molecular formula is C27H33N3O4S. The zero-order valence-electron chi connectivity index (χ0n) is 20.6. The van der Waals surface area contributed by atoms with Crippen molar-refractivity contribution in [2.24, 2.45) is 5.41 Å². The molecule has 7 nitrogen and oxygen atoms in total. The molecule has 0 radical (unpaired) electrons. The van der Waals surface area contributed by atoms with Crippen molar-refractivity contribution in [2.45, 2.75) is 31.4 Å². The van der Waals surface area contributed by atoms with E-state index >= 15 is 0 Å². The van der Waals surface area contributed by atoms with Gasteiger partial charge in [0.05, 0.1) is 26.4 Å². The largest absolute Gasteiger partial charge is 0.497 e. The van der Waals surface area contributed by atoms with Gasteiger partial charge in [-0.1, -0.05) is 12.1 Å². The van der Waals surface area contributed by atoms with Gasteiger partial charge in [-0.05, 0) is 55.6 Å². The Balaban J connectivity index is 1.29. The number of methoxy groups -OCH3 is 2. The van der Waals surface area contributed by atoms with E-state index in [1.165, 1.54) is 12.0 Å². The average Bonchev–Trinajstić information content (AvgIpc) is 2.89. The number of benzene rings is 2. The number of nitrogens with one attached hydrogen (secondary N) is 2. The number of anilines is 2. The molecule has 0 spiro atoms. The molecule has 1 aromatic heterocycles. The summed E-state index contributed by atoms with van der Waals surface area (Å²) in [7, 11) is 3.32. The Bertz CT molecular complexity index is 1180. The van der Waals surface area contributed by atoms with Crippen molar-refractivity contribution in [3.63, 3.8) is 0 Å². The zero-order chi connectivity index (χ0) is 24.3. The summed E-state index contributed by atoms with van der Waals surface area (Å²) in [5.74, 6) is 2.39. The van der Waals surface area contributed by atoms with Gasteiger partial charge in [-0.2, -0.15) is 0 Å². The second kappa shape index (κ2) is 10.1. The third-order valence-electron chi connectivity index (χ3n) is 7.27. The summed E-state index contributed by atoms with van der Waals surface area (Å²) in [4.78, 5) is 4.62. The van der Waals surface area contributed by atoms with Gasteiger partial charge in [0.2, 0.25) is 0 Å². The maximum atomic E-state index is 6.25. The van der Waals surface area contributed by atoms with Gasteiger partial charge < -0.3 is 29.0 Å². The number of rotatable bonds is 11. The normalized spacial score (nSPS) is 22.9. The van der Waals surface area contributed by atoms with E-state index in [9.17, 15) is 0 Å². The molecule has 3 aromatic rings. The van der Waals surface area contributed by atoms with Gasteiger partial charge in [0.25, 0.3) is 0 Å². The predicted molar refractivity (Wildman–Crippen MR) is 142 cm³/mol. The highest BCUT2D eigenvalue weighted by Gasteiger charge is 2.58. The SMILES string of the molecule is COc1ccc(CNc2nccc3c(NCC45CC(COSC)(CCO4)C5)cccc23)c(OC)c1. The van der Waals surface area contributed by atoms with E-state index < -0.39 is 0 Å². The van der Waals surface area contributed by atoms with Crippen molar-refractivity contribution < 1.29 is 18.4 Å². The molecule has 1 saturated carbocycles. The molecule has 2 aromatic carbocycles. The van der Waals surface area contributed by atoms with Crippen LogP contribution in [0.3, 0.4) is 0 Å². The molecule has 0 unspecified atom stereocenters. The van der Waals surface area contributed by atoms with E-state index in [1.807, 2.05) is 30.7 Å². The number of pyridine rings is 1. The van der Waals surface area contributed by atoms with Crippen LogP contribution in [0.1, 0.15) is 24.8 Å². The molecule has 2 saturated heterocycles. The van der Waals surface area contributed by atoms with Gasteiger partial charge in [0.15, 0.2) is 0 Å². The maximum absolute atomic E-state index is 6.25. The van der Waals surface area contributed by atoms with Gasteiger partial charge in [-0.3, -0.25) is 0 Å². The van der Waals surface area contributed by atoms with Crippen LogP contribution in [0.25, 0.3) is 10.8 Å². The second-order valence-corrected chi connectivity index (χ2v) is 10.1. The topological polar surface area (TPSA) is 73.9 Å². The summed E-state index contributed by atoms with van der Waals surface area (Å²) in [5, 5.41) is 9.38. The van der Waals surface area contributed by atoms with E-state index in [1.54, 1.807) is 14.2 Å². The van der Waals surface area contributed by atoms with Crippen molar-refractivity contribution in [3.05, 3.63) is 54.2 Å². The van der Waals surface area contributed by atoms with Crippen LogP contribution in [0, 0.1) is 5.41 Å². The molecule has 8 heteroatoms. The minimum Gasteiger partial charge on any atom is -0.497 e. The molecule has 3 aliphatic rings. The Morgan fingerprint density at radius 2 is 1.94 bits per heavy atom. The molecule has 1 aliphatic carbocycles. The van der Waals surface area contributed by atoms with E-state index in [0.717, 1.165) is 78.4 Å². The molecule has 35 heavy (non-hydrogen) atoms.